The number of benzene rings is 1. The number of thiazole rings is 1. The summed E-state index contributed by atoms with van der Waals surface area (Å²) in [5.41, 5.74) is 1.41. The Morgan fingerprint density at radius 3 is 2.79 bits per heavy atom. The molecule has 1 aromatic heterocycles. The van der Waals surface area contributed by atoms with E-state index in [0.717, 1.165) is 41.9 Å². The lowest BCUT2D eigenvalue weighted by Crippen LogP contribution is -2.44. The van der Waals surface area contributed by atoms with Crippen LogP contribution in [0.2, 0.25) is 0 Å². The highest BCUT2D eigenvalue weighted by Crippen LogP contribution is 2.46. The Kier molecular flexibility index (Phi) is 3.79. The summed E-state index contributed by atoms with van der Waals surface area (Å²) < 4.78 is 13.5. The van der Waals surface area contributed by atoms with Crippen LogP contribution in [0, 0.1) is 18.7 Å². The molecule has 2 saturated carbocycles. The summed E-state index contributed by atoms with van der Waals surface area (Å²) in [7, 11) is 0. The monoisotopic (exact) mass is 345 g/mol. The first-order valence-electron chi connectivity index (χ1n) is 8.32. The maximum atomic E-state index is 13.5. The number of nitrogens with zero attached hydrogens (tertiary/aromatic N) is 1. The molecule has 1 unspecified atom stereocenters. The Labute approximate surface area is 144 Å². The van der Waals surface area contributed by atoms with E-state index in [9.17, 15) is 9.18 Å². The molecule has 0 bridgehead atoms. The first-order chi connectivity index (χ1) is 11.6. The molecule has 24 heavy (non-hydrogen) atoms. The standard InChI is InChI=1S/C18H20FN3OS/c1-11-10-24-16(20-11)15(12-5-6-12)21-17(23)22-18(7-8-18)13-3-2-4-14(19)9-13/h2-4,9-10,12,15H,5-8H2,1H3,(H2,21,22,23). The van der Waals surface area contributed by atoms with Gasteiger partial charge in [-0.1, -0.05) is 12.1 Å². The molecule has 2 aliphatic carbocycles. The van der Waals surface area contributed by atoms with Crippen LogP contribution in [0.15, 0.2) is 29.6 Å². The molecule has 1 heterocycles. The minimum atomic E-state index is -0.418. The van der Waals surface area contributed by atoms with Gasteiger partial charge in [-0.25, -0.2) is 14.2 Å². The zero-order chi connectivity index (χ0) is 16.7. The first-order valence-corrected chi connectivity index (χ1v) is 9.20. The Morgan fingerprint density at radius 1 is 1.42 bits per heavy atom. The highest BCUT2D eigenvalue weighted by atomic mass is 32.1. The van der Waals surface area contributed by atoms with E-state index in [4.69, 9.17) is 0 Å². The summed E-state index contributed by atoms with van der Waals surface area (Å²) in [5, 5.41) is 9.14. The topological polar surface area (TPSA) is 54.0 Å². The number of hydrogen-bond donors (Lipinski definition) is 2. The number of halogens is 1. The molecule has 0 spiro atoms. The van der Waals surface area contributed by atoms with Gasteiger partial charge in [-0.2, -0.15) is 0 Å². The fourth-order valence-corrected chi connectivity index (χ4v) is 4.06. The third-order valence-electron chi connectivity index (χ3n) is 4.76. The van der Waals surface area contributed by atoms with Gasteiger partial charge in [0, 0.05) is 11.1 Å². The number of aryl methyl sites for hydroxylation is 1. The Morgan fingerprint density at radius 2 is 2.21 bits per heavy atom. The van der Waals surface area contributed by atoms with Gasteiger partial charge in [0.2, 0.25) is 0 Å². The van der Waals surface area contributed by atoms with Crippen LogP contribution in [0.25, 0.3) is 0 Å². The highest BCUT2D eigenvalue weighted by molar-refractivity contribution is 7.09. The van der Waals surface area contributed by atoms with Crippen molar-refractivity contribution in [1.29, 1.82) is 0 Å². The molecule has 2 aliphatic rings. The van der Waals surface area contributed by atoms with Gasteiger partial charge in [-0.3, -0.25) is 0 Å². The third kappa shape index (κ3) is 3.15. The van der Waals surface area contributed by atoms with E-state index >= 15 is 0 Å². The first kappa shape index (κ1) is 15.6. The predicted molar refractivity (Wildman–Crippen MR) is 91.3 cm³/mol. The molecular formula is C18H20FN3OS. The Bertz CT molecular complexity index is 767. The molecular weight excluding hydrogens is 325 g/mol. The lowest BCUT2D eigenvalue weighted by atomic mass is 10.1. The smallest absolute Gasteiger partial charge is 0.316 e. The van der Waals surface area contributed by atoms with E-state index in [1.54, 1.807) is 17.4 Å². The number of carbonyl (C=O) groups excluding carboxylic acids is 1. The fourth-order valence-electron chi connectivity index (χ4n) is 3.12. The van der Waals surface area contributed by atoms with Gasteiger partial charge >= 0.3 is 6.03 Å². The van der Waals surface area contributed by atoms with E-state index in [1.807, 2.05) is 18.4 Å². The van der Waals surface area contributed by atoms with Crippen LogP contribution in [0.1, 0.15) is 48.0 Å². The molecule has 2 amide bonds. The van der Waals surface area contributed by atoms with Crippen LogP contribution in [-0.2, 0) is 5.54 Å². The van der Waals surface area contributed by atoms with Crippen molar-refractivity contribution in [3.63, 3.8) is 0 Å². The van der Waals surface area contributed by atoms with Crippen molar-refractivity contribution in [2.45, 2.75) is 44.2 Å². The van der Waals surface area contributed by atoms with E-state index in [-0.39, 0.29) is 17.9 Å². The van der Waals surface area contributed by atoms with Crippen LogP contribution in [0.4, 0.5) is 9.18 Å². The van der Waals surface area contributed by atoms with E-state index < -0.39 is 5.54 Å². The van der Waals surface area contributed by atoms with Crippen LogP contribution in [0.5, 0.6) is 0 Å². The quantitative estimate of drug-likeness (QED) is 0.859. The molecule has 0 saturated heterocycles. The van der Waals surface area contributed by atoms with Gasteiger partial charge in [-0.05, 0) is 56.2 Å². The van der Waals surface area contributed by atoms with Crippen molar-refractivity contribution in [3.05, 3.63) is 51.7 Å². The van der Waals surface area contributed by atoms with Gasteiger partial charge in [0.05, 0.1) is 11.6 Å². The lowest BCUT2D eigenvalue weighted by molar-refractivity contribution is 0.230. The molecule has 2 fully saturated rings. The van der Waals surface area contributed by atoms with Gasteiger partial charge in [0.15, 0.2) is 0 Å². The second-order valence-electron chi connectivity index (χ2n) is 6.83. The zero-order valence-electron chi connectivity index (χ0n) is 13.5. The summed E-state index contributed by atoms with van der Waals surface area (Å²) >= 11 is 1.60. The molecule has 4 nitrogen and oxygen atoms in total. The van der Waals surface area contributed by atoms with Crippen molar-refractivity contribution in [1.82, 2.24) is 15.6 Å². The molecule has 2 aromatic rings. The summed E-state index contributed by atoms with van der Waals surface area (Å²) in [5.74, 6) is 0.209. The number of urea groups is 1. The second-order valence-corrected chi connectivity index (χ2v) is 7.72. The highest BCUT2D eigenvalue weighted by Gasteiger charge is 2.46. The van der Waals surface area contributed by atoms with Gasteiger partial charge < -0.3 is 10.6 Å². The number of aromatic nitrogens is 1. The fraction of sp³-hybridized carbons (Fsp3) is 0.444. The lowest BCUT2D eigenvalue weighted by Gasteiger charge is -2.22. The summed E-state index contributed by atoms with van der Waals surface area (Å²) in [6, 6.07) is 6.28. The molecule has 126 valence electrons. The van der Waals surface area contributed by atoms with Gasteiger partial charge in [0.1, 0.15) is 10.8 Å². The largest absolute Gasteiger partial charge is 0.329 e. The summed E-state index contributed by atoms with van der Waals surface area (Å²) in [4.78, 5) is 17.1. The maximum Gasteiger partial charge on any atom is 0.316 e. The van der Waals surface area contributed by atoms with Crippen molar-refractivity contribution >= 4 is 17.4 Å². The van der Waals surface area contributed by atoms with Crippen LogP contribution >= 0.6 is 11.3 Å². The predicted octanol–water partition coefficient (Wildman–Crippen LogP) is 4.03. The molecule has 2 N–H and O–H groups in total. The minimum absolute atomic E-state index is 0.0213. The van der Waals surface area contributed by atoms with Crippen molar-refractivity contribution in [2.24, 2.45) is 5.92 Å². The van der Waals surface area contributed by atoms with Crippen LogP contribution < -0.4 is 10.6 Å². The molecule has 0 aliphatic heterocycles. The van der Waals surface area contributed by atoms with Crippen molar-refractivity contribution in [2.75, 3.05) is 0 Å². The van der Waals surface area contributed by atoms with E-state index in [2.05, 4.69) is 15.6 Å². The average Bonchev–Trinajstić information content (AvgIpc) is 3.46. The minimum Gasteiger partial charge on any atom is -0.329 e. The van der Waals surface area contributed by atoms with Gasteiger partial charge in [0.25, 0.3) is 0 Å². The molecule has 1 atom stereocenters. The van der Waals surface area contributed by atoms with Crippen molar-refractivity contribution in [3.8, 4) is 0 Å². The van der Waals surface area contributed by atoms with Gasteiger partial charge in [-0.15, -0.1) is 11.3 Å². The Hall–Kier alpha value is -1.95. The average molecular weight is 345 g/mol. The molecule has 1 aromatic carbocycles. The molecule has 6 heteroatoms. The number of amides is 2. The summed E-state index contributed by atoms with van der Waals surface area (Å²) in [6.45, 7) is 1.97. The van der Waals surface area contributed by atoms with Crippen LogP contribution in [0.3, 0.4) is 0 Å². The normalized spacial score (nSPS) is 19.6. The maximum absolute atomic E-state index is 13.5. The number of hydrogen-bond acceptors (Lipinski definition) is 3. The van der Waals surface area contributed by atoms with Crippen LogP contribution in [-0.4, -0.2) is 11.0 Å². The third-order valence-corrected chi connectivity index (χ3v) is 5.81. The number of nitrogens with one attached hydrogen (secondary N) is 2. The number of carbonyl (C=O) groups is 1. The summed E-state index contributed by atoms with van der Waals surface area (Å²) in [6.07, 6.45) is 3.93. The van der Waals surface area contributed by atoms with E-state index in [0.29, 0.717) is 5.92 Å². The molecule has 0 radical (unpaired) electrons. The Balaban J connectivity index is 1.46. The zero-order valence-corrected chi connectivity index (χ0v) is 14.3. The SMILES string of the molecule is Cc1csc(C(NC(=O)NC2(c3cccc(F)c3)CC2)C2CC2)n1. The molecule has 4 rings (SSSR count). The number of rotatable bonds is 5. The van der Waals surface area contributed by atoms with E-state index in [1.165, 1.54) is 12.1 Å². The second kappa shape index (κ2) is 5.84. The van der Waals surface area contributed by atoms with Crippen molar-refractivity contribution < 1.29 is 9.18 Å².